The number of benzene rings is 9. The van der Waals surface area contributed by atoms with Crippen molar-refractivity contribution in [2.75, 3.05) is 4.90 Å². The quantitative estimate of drug-likeness (QED) is 0.152. The van der Waals surface area contributed by atoms with Crippen LogP contribution in [0.3, 0.4) is 0 Å². The topological polar surface area (TPSA) is 22.3 Å². The Labute approximate surface area is 372 Å². The third-order valence-corrected chi connectivity index (χ3v) is 12.3. The third kappa shape index (κ3) is 6.90. The summed E-state index contributed by atoms with van der Waals surface area (Å²) in [6.07, 6.45) is 0. The molecule has 0 fully saturated rings. The smallest absolute Gasteiger partial charge is 0.131 e. The van der Waals surface area contributed by atoms with Gasteiger partial charge in [-0.05, 0) is 95.4 Å². The number of hydrogen-bond donors (Lipinski definition) is 0. The molecule has 0 N–H and O–H groups in total. The van der Waals surface area contributed by atoms with Crippen molar-refractivity contribution in [1.29, 1.82) is 0 Å². The van der Waals surface area contributed by atoms with Crippen molar-refractivity contribution >= 4 is 72.3 Å². The number of ether oxygens (including phenoxy) is 1. The summed E-state index contributed by atoms with van der Waals surface area (Å²) in [6.45, 7) is 6.79. The number of aromatic nitrogens is 2. The fourth-order valence-corrected chi connectivity index (χ4v) is 9.42. The van der Waals surface area contributed by atoms with Gasteiger partial charge in [-0.2, -0.15) is 0 Å². The van der Waals surface area contributed by atoms with E-state index in [1.165, 1.54) is 27.1 Å². The zero-order chi connectivity index (χ0) is 42.7. The monoisotopic (exact) mass is 833 g/mol. The van der Waals surface area contributed by atoms with Gasteiger partial charge in [-0.1, -0.05) is 154 Å². The highest BCUT2D eigenvalue weighted by atomic mass is 35.5. The van der Waals surface area contributed by atoms with Gasteiger partial charge in [0, 0.05) is 61.3 Å². The van der Waals surface area contributed by atoms with E-state index in [9.17, 15) is 0 Å². The van der Waals surface area contributed by atoms with E-state index in [0.717, 1.165) is 61.6 Å². The summed E-state index contributed by atoms with van der Waals surface area (Å²) in [5, 5.41) is 5.44. The third-order valence-electron chi connectivity index (χ3n) is 12.1. The zero-order valence-electron chi connectivity index (χ0n) is 35.3. The highest BCUT2D eigenvalue weighted by Crippen LogP contribution is 2.46. The van der Waals surface area contributed by atoms with Crippen molar-refractivity contribution < 1.29 is 4.74 Å². The lowest BCUT2D eigenvalue weighted by molar-refractivity contribution is 0.482. The van der Waals surface area contributed by atoms with Gasteiger partial charge in [0.05, 0.1) is 33.4 Å². The summed E-state index contributed by atoms with van der Waals surface area (Å²) < 4.78 is 11.5. The Kier molecular flexibility index (Phi) is 9.40. The molecule has 0 unspecified atom stereocenters. The second-order valence-electron chi connectivity index (χ2n) is 17.2. The van der Waals surface area contributed by atoms with Crippen LogP contribution in [0.2, 0.25) is 5.02 Å². The van der Waals surface area contributed by atoms with Crippen LogP contribution < -0.4 is 9.64 Å². The van der Waals surface area contributed by atoms with Crippen LogP contribution in [-0.4, -0.2) is 9.13 Å². The molecule has 2 aromatic heterocycles. The maximum Gasteiger partial charge on any atom is 0.131 e. The zero-order valence-corrected chi connectivity index (χ0v) is 36.1. The lowest BCUT2D eigenvalue weighted by Gasteiger charge is -2.30. The average molecular weight is 834 g/mol. The number of fused-ring (bicyclic) bond motifs is 6. The van der Waals surface area contributed by atoms with Crippen LogP contribution in [0.5, 0.6) is 11.5 Å². The summed E-state index contributed by atoms with van der Waals surface area (Å²) in [5.41, 5.74) is 13.0. The van der Waals surface area contributed by atoms with Crippen LogP contribution in [0.15, 0.2) is 212 Å². The number of para-hydroxylation sites is 4. The normalized spacial score (nSPS) is 11.8. The van der Waals surface area contributed by atoms with E-state index in [0.29, 0.717) is 16.5 Å². The minimum absolute atomic E-state index is 0.0613. The second-order valence-corrected chi connectivity index (χ2v) is 17.6. The van der Waals surface area contributed by atoms with Gasteiger partial charge >= 0.3 is 0 Å². The van der Waals surface area contributed by atoms with Crippen molar-refractivity contribution in [1.82, 2.24) is 9.13 Å². The molecule has 0 aliphatic carbocycles. The van der Waals surface area contributed by atoms with E-state index in [-0.39, 0.29) is 5.41 Å². The molecule has 304 valence electrons. The predicted molar refractivity (Wildman–Crippen MR) is 265 cm³/mol. The summed E-state index contributed by atoms with van der Waals surface area (Å²) >= 11 is 7.15. The summed E-state index contributed by atoms with van der Waals surface area (Å²) in [5.74, 6) is 1.34. The first kappa shape index (κ1) is 38.4. The number of rotatable bonds is 8. The van der Waals surface area contributed by atoms with Crippen LogP contribution in [-0.2, 0) is 5.41 Å². The van der Waals surface area contributed by atoms with Crippen LogP contribution in [0, 0.1) is 0 Å². The van der Waals surface area contributed by atoms with Crippen molar-refractivity contribution in [2.45, 2.75) is 26.2 Å². The van der Waals surface area contributed by atoms with Crippen LogP contribution in [0.25, 0.3) is 66.1 Å². The Hall–Kier alpha value is -7.53. The van der Waals surface area contributed by atoms with Crippen LogP contribution in [0.4, 0.5) is 17.1 Å². The van der Waals surface area contributed by atoms with Crippen molar-refractivity contribution in [3.63, 3.8) is 0 Å². The fraction of sp³-hybridized carbons (Fsp3) is 0.0690. The first-order chi connectivity index (χ1) is 30.8. The average Bonchev–Trinajstić information content (AvgIpc) is 3.82. The molecule has 4 nitrogen and oxygen atoms in total. The van der Waals surface area contributed by atoms with Crippen LogP contribution in [0.1, 0.15) is 26.3 Å². The van der Waals surface area contributed by atoms with Gasteiger partial charge in [-0.3, -0.25) is 0 Å². The molecule has 0 aliphatic heterocycles. The Morgan fingerprint density at radius 2 is 0.952 bits per heavy atom. The maximum absolute atomic E-state index is 7.15. The van der Waals surface area contributed by atoms with Crippen molar-refractivity contribution in [3.05, 3.63) is 223 Å². The van der Waals surface area contributed by atoms with Gasteiger partial charge in [0.1, 0.15) is 11.5 Å². The maximum atomic E-state index is 7.15. The van der Waals surface area contributed by atoms with E-state index >= 15 is 0 Å². The Bertz CT molecular complexity index is 3400. The van der Waals surface area contributed by atoms with Gasteiger partial charge in [-0.25, -0.2) is 0 Å². The fourth-order valence-electron chi connectivity index (χ4n) is 9.20. The van der Waals surface area contributed by atoms with Crippen molar-refractivity contribution in [2.24, 2.45) is 0 Å². The number of nitrogens with zero attached hydrogens (tertiary/aromatic N) is 3. The van der Waals surface area contributed by atoms with Gasteiger partial charge < -0.3 is 18.8 Å². The number of hydrogen-bond acceptors (Lipinski definition) is 2. The van der Waals surface area contributed by atoms with E-state index in [1.807, 2.05) is 18.2 Å². The standard InChI is InChI=1S/C58H44ClN3O/c1-58(2,3)40-31-32-57(52(33-40)39-17-5-4-6-18-39)60(42-19-15-20-43(36-42)61-53-27-11-7-23-48(53)49-24-8-12-28-54(49)61)45-34-41(59)35-47(38-45)63-46-22-16-21-44(37-46)62-55-29-13-9-25-50(55)51-26-10-14-30-56(51)62/h4-38H,1-3H3. The van der Waals surface area contributed by atoms with Gasteiger partial charge in [0.25, 0.3) is 0 Å². The van der Waals surface area contributed by atoms with Crippen LogP contribution >= 0.6 is 11.6 Å². The Morgan fingerprint density at radius 1 is 0.429 bits per heavy atom. The molecule has 2 heterocycles. The molecule has 11 rings (SSSR count). The molecule has 0 bridgehead atoms. The van der Waals surface area contributed by atoms with E-state index in [2.05, 4.69) is 229 Å². The minimum Gasteiger partial charge on any atom is -0.457 e. The van der Waals surface area contributed by atoms with E-state index in [1.54, 1.807) is 0 Å². The number of halogens is 1. The van der Waals surface area contributed by atoms with Gasteiger partial charge in [0.2, 0.25) is 0 Å². The minimum atomic E-state index is -0.0613. The van der Waals surface area contributed by atoms with Gasteiger partial charge in [0.15, 0.2) is 0 Å². The van der Waals surface area contributed by atoms with E-state index in [4.69, 9.17) is 16.3 Å². The van der Waals surface area contributed by atoms with Gasteiger partial charge in [-0.15, -0.1) is 0 Å². The first-order valence-electron chi connectivity index (χ1n) is 21.4. The largest absolute Gasteiger partial charge is 0.457 e. The van der Waals surface area contributed by atoms with Crippen molar-refractivity contribution in [3.8, 4) is 34.0 Å². The molecule has 9 aromatic carbocycles. The molecule has 0 atom stereocenters. The molecule has 63 heavy (non-hydrogen) atoms. The SMILES string of the molecule is CC(C)(C)c1ccc(N(c2cc(Cl)cc(Oc3cccc(-n4c5ccccc5c5ccccc54)c3)c2)c2cccc(-n3c4ccccc4c4ccccc43)c2)c(-c2ccccc2)c1. The molecule has 11 aromatic rings. The Morgan fingerprint density at radius 3 is 1.52 bits per heavy atom. The van der Waals surface area contributed by atoms with E-state index < -0.39 is 0 Å². The molecule has 0 saturated heterocycles. The molecule has 0 aliphatic rings. The molecule has 0 amide bonds. The molecule has 0 radical (unpaired) electrons. The Balaban J connectivity index is 1.08. The number of anilines is 3. The molecule has 0 spiro atoms. The molecule has 5 heteroatoms. The predicted octanol–water partition coefficient (Wildman–Crippen LogP) is 16.8. The molecule has 0 saturated carbocycles. The lowest BCUT2D eigenvalue weighted by Crippen LogP contribution is -2.15. The second kappa shape index (κ2) is 15.4. The first-order valence-corrected chi connectivity index (χ1v) is 21.8. The summed E-state index contributed by atoms with van der Waals surface area (Å²) in [6, 6.07) is 75.0. The molecular weight excluding hydrogens is 790 g/mol. The lowest BCUT2D eigenvalue weighted by atomic mass is 9.84. The molecular formula is C58H44ClN3O. The highest BCUT2D eigenvalue weighted by molar-refractivity contribution is 6.31. The summed E-state index contributed by atoms with van der Waals surface area (Å²) in [4.78, 5) is 2.32. The highest BCUT2D eigenvalue weighted by Gasteiger charge is 2.23. The summed E-state index contributed by atoms with van der Waals surface area (Å²) in [7, 11) is 0.